The van der Waals surface area contributed by atoms with Gasteiger partial charge >= 0.3 is 0 Å². The first-order valence-corrected chi connectivity index (χ1v) is 30.2. The van der Waals surface area contributed by atoms with Crippen molar-refractivity contribution in [1.29, 1.82) is 0 Å². The monoisotopic (exact) mass is 1200 g/mol. The average molecular weight is 1200 g/mol. The van der Waals surface area contributed by atoms with Crippen molar-refractivity contribution in [3.05, 3.63) is 315 Å². The lowest BCUT2D eigenvalue weighted by Crippen LogP contribution is -2.60. The molecule has 91 heavy (non-hydrogen) atoms. The third kappa shape index (κ3) is 7.26. The molecule has 0 radical (unpaired) electrons. The van der Waals surface area contributed by atoms with E-state index < -0.39 is 152 Å². The Labute approximate surface area is 562 Å². The summed E-state index contributed by atoms with van der Waals surface area (Å²) >= 11 is 1.35. The highest BCUT2D eigenvalue weighted by Crippen LogP contribution is 2.52. The van der Waals surface area contributed by atoms with Crippen molar-refractivity contribution in [3.8, 4) is 45.0 Å². The number of nitrogens with zero attached hydrogens (tertiary/aromatic N) is 5. The molecule has 7 heteroatoms. The van der Waals surface area contributed by atoms with Gasteiger partial charge < -0.3 is 23.2 Å². The Morgan fingerprint density at radius 2 is 0.725 bits per heavy atom. The van der Waals surface area contributed by atoms with Gasteiger partial charge in [0.1, 0.15) is 0 Å². The van der Waals surface area contributed by atoms with Gasteiger partial charge in [-0.1, -0.05) is 235 Å². The molecule has 0 unspecified atom stereocenters. The molecule has 2 aliphatic rings. The molecule has 4 aromatic heterocycles. The Balaban J connectivity index is 0.989. The van der Waals surface area contributed by atoms with Gasteiger partial charge in [-0.05, 0) is 119 Å². The SMILES string of the molecule is [2H]c1c([2H])c([2H])c2c(c1[2H])c1c([2H])c([2H])c([2H])c([2H])c1n2-c1ccc2c(c1)N(c1c(-c3ccccc3)cccc1-c1ccccc1)c1cc(-n3c4c([2H])c([2H])c([2H])c([2H])c4c4c([2H])c([2H])c([2H])c([2H])c43)cc3c1B2c1ccc2c(c1S3)c1cc(-n3c4c([2H])c([2H])c([2H])c([2H])c4c4c([2H])c([2H])c([2H])c([2H])c43)ccc1n2-c1ccccc1. The zero-order chi connectivity index (χ0) is 80.3. The molecular formula is C84H52BN5S. The maximum atomic E-state index is 9.92. The molecule has 5 nitrogen and oxygen atoms in total. The van der Waals surface area contributed by atoms with Crippen molar-refractivity contribution < 1.29 is 32.9 Å². The molecule has 422 valence electrons. The van der Waals surface area contributed by atoms with E-state index in [0.29, 0.717) is 76.2 Å². The molecule has 0 N–H and O–H groups in total. The highest BCUT2D eigenvalue weighted by molar-refractivity contribution is 8.00. The quantitative estimate of drug-likeness (QED) is 0.148. The van der Waals surface area contributed by atoms with E-state index in [1.54, 1.807) is 12.1 Å². The molecule has 0 atom stereocenters. The van der Waals surface area contributed by atoms with E-state index in [1.807, 2.05) is 158 Å². The maximum absolute atomic E-state index is 9.92. The summed E-state index contributed by atoms with van der Waals surface area (Å²) in [5.74, 6) is 0. The molecule has 0 saturated carbocycles. The van der Waals surface area contributed by atoms with Crippen molar-refractivity contribution in [1.82, 2.24) is 18.3 Å². The number of benzene rings is 14. The third-order valence-electron chi connectivity index (χ3n) is 17.9. The molecule has 14 aromatic carbocycles. The van der Waals surface area contributed by atoms with E-state index in [-0.39, 0.29) is 82.5 Å². The molecule has 0 bridgehead atoms. The summed E-state index contributed by atoms with van der Waals surface area (Å²) in [5, 5.41) is 0.288. The van der Waals surface area contributed by atoms with Gasteiger partial charge in [0.2, 0.25) is 6.71 Å². The van der Waals surface area contributed by atoms with Crippen LogP contribution in [0.2, 0.25) is 0 Å². The van der Waals surface area contributed by atoms with Crippen molar-refractivity contribution in [2.45, 2.75) is 9.79 Å². The predicted molar refractivity (Wildman–Crippen MR) is 385 cm³/mol. The molecule has 6 heterocycles. The van der Waals surface area contributed by atoms with E-state index >= 15 is 0 Å². The second-order valence-corrected chi connectivity index (χ2v) is 23.6. The van der Waals surface area contributed by atoms with Crippen LogP contribution in [0.4, 0.5) is 17.1 Å². The Hall–Kier alpha value is -11.5. The van der Waals surface area contributed by atoms with Crippen LogP contribution in [0.25, 0.3) is 132 Å². The van der Waals surface area contributed by atoms with Crippen LogP contribution in [0.15, 0.2) is 325 Å². The lowest BCUT2D eigenvalue weighted by Gasteiger charge is -2.42. The average Bonchev–Trinajstić information content (AvgIpc) is 1.18. The minimum atomic E-state index is -0.869. The summed E-state index contributed by atoms with van der Waals surface area (Å²) in [5.41, 5.74) is 8.08. The number of anilines is 3. The van der Waals surface area contributed by atoms with Crippen LogP contribution in [0.1, 0.15) is 32.9 Å². The molecule has 0 saturated heterocycles. The van der Waals surface area contributed by atoms with Gasteiger partial charge in [-0.2, -0.15) is 0 Å². The first kappa shape index (κ1) is 32.6. The molecule has 0 fully saturated rings. The maximum Gasteiger partial charge on any atom is 0.249 e. The van der Waals surface area contributed by atoms with E-state index in [2.05, 4.69) is 9.47 Å². The topological polar surface area (TPSA) is 23.0 Å². The first-order valence-electron chi connectivity index (χ1n) is 41.4. The summed E-state index contributed by atoms with van der Waals surface area (Å²) in [4.78, 5) is 3.24. The van der Waals surface area contributed by atoms with Gasteiger partial charge in [0.05, 0.1) is 82.7 Å². The summed E-state index contributed by atoms with van der Waals surface area (Å²) in [7, 11) is 0. The van der Waals surface area contributed by atoms with Crippen LogP contribution in [0, 0.1) is 0 Å². The number of hydrogen-bond donors (Lipinski definition) is 0. The van der Waals surface area contributed by atoms with Gasteiger partial charge in [0.25, 0.3) is 0 Å². The summed E-state index contributed by atoms with van der Waals surface area (Å²) in [6.45, 7) is -0.869. The van der Waals surface area contributed by atoms with E-state index in [4.69, 9.17) is 11.0 Å². The number of aromatic nitrogens is 4. The normalized spacial score (nSPS) is 16.4. The fraction of sp³-hybridized carbons (Fsp3) is 0. The lowest BCUT2D eigenvalue weighted by atomic mass is 9.34. The fourth-order valence-electron chi connectivity index (χ4n) is 14.3. The van der Waals surface area contributed by atoms with Gasteiger partial charge in [0, 0.05) is 98.1 Å². The molecule has 18 aromatic rings. The molecule has 0 spiro atoms. The highest BCUT2D eigenvalue weighted by atomic mass is 32.2. The van der Waals surface area contributed by atoms with Gasteiger partial charge in [-0.3, -0.25) is 0 Å². The largest absolute Gasteiger partial charge is 0.310 e. The standard InChI is InChI=1S/C84H52BN5S/c1-4-23-53(24-5-1)59-35-22-36-60(54-25-6-2-7-26-54)83(59)90-78-50-57(88-72-39-18-12-31-63(72)64-32-13-19-40-73(64)88)43-45-68(78)85-69-46-48-77-81(84(69)91-80-52-58(51-79(90)82(80)85)89-74-41-20-14-33-65(74)66-34-15-21-42-75(66)89)67-49-56(44-47-76(67)86(77)55-27-8-3-9-28-55)87-70-37-16-10-29-61(70)62-30-11-17-38-71(62)87/h1-52H/i10D,11D,12D,13D,14D,15D,16D,17D,18D,19D,20D,21D,29D,30D,31D,32D,33D,34D,37D,38D,39D,40D,41D,42D. The number of hydrogen-bond acceptors (Lipinski definition) is 2. The predicted octanol–water partition coefficient (Wildman–Crippen LogP) is 20.2. The fourth-order valence-corrected chi connectivity index (χ4v) is 15.6. The second-order valence-electron chi connectivity index (χ2n) is 22.5. The first-order chi connectivity index (χ1) is 55.2. The Bertz CT molecular complexity index is 7280. The molecule has 20 rings (SSSR count). The van der Waals surface area contributed by atoms with Crippen LogP contribution in [0.5, 0.6) is 0 Å². The second kappa shape index (κ2) is 19.5. The van der Waals surface area contributed by atoms with E-state index in [9.17, 15) is 21.9 Å². The van der Waals surface area contributed by atoms with Crippen LogP contribution in [-0.4, -0.2) is 25.0 Å². The van der Waals surface area contributed by atoms with Crippen LogP contribution in [0.3, 0.4) is 0 Å². The minimum absolute atomic E-state index is 0.0991. The van der Waals surface area contributed by atoms with Crippen LogP contribution >= 0.6 is 11.8 Å². The number of rotatable bonds is 7. The summed E-state index contributed by atoms with van der Waals surface area (Å²) in [6, 6.07) is 39.4. The van der Waals surface area contributed by atoms with Gasteiger partial charge in [0.15, 0.2) is 0 Å². The third-order valence-corrected chi connectivity index (χ3v) is 19.1. The van der Waals surface area contributed by atoms with Crippen LogP contribution < -0.4 is 21.3 Å². The van der Waals surface area contributed by atoms with Gasteiger partial charge in [-0.25, -0.2) is 0 Å². The zero-order valence-corrected chi connectivity index (χ0v) is 48.2. The molecular weight excluding hydrogens is 1120 g/mol. The Morgan fingerprint density at radius 3 is 1.24 bits per heavy atom. The zero-order valence-electron chi connectivity index (χ0n) is 71.4. The van der Waals surface area contributed by atoms with Crippen molar-refractivity contribution in [2.75, 3.05) is 4.90 Å². The van der Waals surface area contributed by atoms with Crippen molar-refractivity contribution >= 4 is 139 Å². The van der Waals surface area contributed by atoms with E-state index in [0.717, 1.165) is 16.8 Å². The number of para-hydroxylation sites is 8. The Kier molecular flexibility index (Phi) is 6.99. The van der Waals surface area contributed by atoms with Crippen molar-refractivity contribution in [3.63, 3.8) is 0 Å². The molecule has 0 amide bonds. The minimum Gasteiger partial charge on any atom is -0.310 e. The Morgan fingerprint density at radius 1 is 0.308 bits per heavy atom. The van der Waals surface area contributed by atoms with Crippen molar-refractivity contribution in [2.24, 2.45) is 0 Å². The molecule has 0 aliphatic carbocycles. The number of fused-ring (bicyclic) bond motifs is 17. The smallest absolute Gasteiger partial charge is 0.249 e. The van der Waals surface area contributed by atoms with Crippen LogP contribution in [-0.2, 0) is 0 Å². The van der Waals surface area contributed by atoms with E-state index in [1.165, 1.54) is 25.5 Å². The van der Waals surface area contributed by atoms with Gasteiger partial charge in [-0.15, -0.1) is 0 Å². The highest BCUT2D eigenvalue weighted by Gasteiger charge is 2.44. The summed E-state index contributed by atoms with van der Waals surface area (Å²) < 4.78 is 231. The summed E-state index contributed by atoms with van der Waals surface area (Å²) in [6.07, 6.45) is 0. The molecule has 2 aliphatic heterocycles. The lowest BCUT2D eigenvalue weighted by molar-refractivity contribution is 1.15.